The van der Waals surface area contributed by atoms with Crippen LogP contribution >= 0.6 is 0 Å². The van der Waals surface area contributed by atoms with Gasteiger partial charge in [0.1, 0.15) is 11.6 Å². The largest absolute Gasteiger partial charge is 0.495 e. The molecule has 0 amide bonds. The van der Waals surface area contributed by atoms with Gasteiger partial charge >= 0.3 is 0 Å². The fourth-order valence-corrected chi connectivity index (χ4v) is 2.28. The van der Waals surface area contributed by atoms with E-state index in [1.165, 1.54) is 11.1 Å². The highest BCUT2D eigenvalue weighted by Gasteiger charge is 2.04. The van der Waals surface area contributed by atoms with E-state index in [9.17, 15) is 0 Å². The van der Waals surface area contributed by atoms with Crippen LogP contribution in [0, 0.1) is 6.92 Å². The first kappa shape index (κ1) is 15.8. The van der Waals surface area contributed by atoms with Gasteiger partial charge in [-0.15, -0.1) is 0 Å². The molecule has 0 aliphatic heterocycles. The number of methoxy groups -OCH3 is 1. The average molecular weight is 320 g/mol. The Balaban J connectivity index is 1.68. The van der Waals surface area contributed by atoms with E-state index in [0.29, 0.717) is 12.5 Å². The third-order valence-electron chi connectivity index (χ3n) is 3.60. The normalized spacial score (nSPS) is 10.2. The standard InChI is InChI=1S/C19H20N4O/c1-14-7-9-15(10-8-14)13-21-18-11-12-20-19(23-18)22-16-5-3-4-6-17(16)24-2/h3-12H,13H2,1-2H3,(H2,20,21,22,23). The number of rotatable bonds is 6. The fraction of sp³-hybridized carbons (Fsp3) is 0.158. The van der Waals surface area contributed by atoms with E-state index in [1.54, 1.807) is 13.3 Å². The average Bonchev–Trinajstić information content (AvgIpc) is 2.62. The van der Waals surface area contributed by atoms with Crippen molar-refractivity contribution in [3.63, 3.8) is 0 Å². The highest BCUT2D eigenvalue weighted by Crippen LogP contribution is 2.25. The maximum absolute atomic E-state index is 5.33. The quantitative estimate of drug-likeness (QED) is 0.714. The summed E-state index contributed by atoms with van der Waals surface area (Å²) in [6.45, 7) is 2.79. The lowest BCUT2D eigenvalue weighted by Crippen LogP contribution is -2.04. The zero-order chi connectivity index (χ0) is 16.8. The van der Waals surface area contributed by atoms with E-state index in [4.69, 9.17) is 4.74 Å². The molecule has 1 heterocycles. The van der Waals surface area contributed by atoms with Gasteiger partial charge in [-0.1, -0.05) is 42.0 Å². The SMILES string of the molecule is COc1ccccc1Nc1nccc(NCc2ccc(C)cc2)n1. The molecule has 5 heteroatoms. The van der Waals surface area contributed by atoms with E-state index in [0.717, 1.165) is 17.3 Å². The number of aryl methyl sites for hydroxylation is 1. The number of nitrogens with one attached hydrogen (secondary N) is 2. The molecular formula is C19H20N4O. The Bertz CT molecular complexity index is 802. The molecule has 0 aliphatic rings. The molecule has 0 bridgehead atoms. The summed E-state index contributed by atoms with van der Waals surface area (Å²) in [5, 5.41) is 6.50. The van der Waals surface area contributed by atoms with Gasteiger partial charge in [-0.2, -0.15) is 4.98 Å². The second kappa shape index (κ2) is 7.46. The molecule has 0 spiro atoms. The molecule has 0 radical (unpaired) electrons. The molecule has 3 aromatic rings. The molecule has 0 unspecified atom stereocenters. The summed E-state index contributed by atoms with van der Waals surface area (Å²) < 4.78 is 5.33. The van der Waals surface area contributed by atoms with E-state index in [1.807, 2.05) is 30.3 Å². The molecule has 122 valence electrons. The lowest BCUT2D eigenvalue weighted by atomic mass is 10.1. The Kier molecular flexibility index (Phi) is 4.91. The van der Waals surface area contributed by atoms with Crippen molar-refractivity contribution in [1.29, 1.82) is 0 Å². The number of hydrogen-bond acceptors (Lipinski definition) is 5. The summed E-state index contributed by atoms with van der Waals surface area (Å²) in [7, 11) is 1.64. The topological polar surface area (TPSA) is 59.1 Å². The van der Waals surface area contributed by atoms with Crippen molar-refractivity contribution in [1.82, 2.24) is 9.97 Å². The Morgan fingerprint density at radius 1 is 1.00 bits per heavy atom. The molecule has 3 rings (SSSR count). The van der Waals surface area contributed by atoms with Gasteiger partial charge < -0.3 is 15.4 Å². The predicted molar refractivity (Wildman–Crippen MR) is 96.8 cm³/mol. The van der Waals surface area contributed by atoms with Crippen LogP contribution in [0.25, 0.3) is 0 Å². The van der Waals surface area contributed by atoms with E-state index < -0.39 is 0 Å². The number of benzene rings is 2. The lowest BCUT2D eigenvalue weighted by Gasteiger charge is -2.11. The van der Waals surface area contributed by atoms with Gasteiger partial charge in [0.25, 0.3) is 0 Å². The van der Waals surface area contributed by atoms with E-state index >= 15 is 0 Å². The molecule has 0 saturated carbocycles. The maximum Gasteiger partial charge on any atom is 0.229 e. The predicted octanol–water partition coefficient (Wildman–Crippen LogP) is 4.15. The van der Waals surface area contributed by atoms with Crippen LogP contribution in [0.5, 0.6) is 5.75 Å². The van der Waals surface area contributed by atoms with Crippen LogP contribution in [0.2, 0.25) is 0 Å². The summed E-state index contributed by atoms with van der Waals surface area (Å²) in [5.74, 6) is 2.04. The first-order valence-electron chi connectivity index (χ1n) is 7.77. The molecule has 0 atom stereocenters. The number of para-hydroxylation sites is 2. The maximum atomic E-state index is 5.33. The van der Waals surface area contributed by atoms with Crippen LogP contribution in [-0.2, 0) is 6.54 Å². The molecule has 0 aliphatic carbocycles. The van der Waals surface area contributed by atoms with Crippen LogP contribution < -0.4 is 15.4 Å². The Labute approximate surface area is 141 Å². The van der Waals surface area contributed by atoms with Gasteiger partial charge in [-0.3, -0.25) is 0 Å². The first-order chi connectivity index (χ1) is 11.7. The second-order valence-electron chi connectivity index (χ2n) is 5.43. The minimum Gasteiger partial charge on any atom is -0.495 e. The van der Waals surface area contributed by atoms with Crippen molar-refractivity contribution in [2.24, 2.45) is 0 Å². The summed E-state index contributed by atoms with van der Waals surface area (Å²) >= 11 is 0. The zero-order valence-corrected chi connectivity index (χ0v) is 13.8. The summed E-state index contributed by atoms with van der Waals surface area (Å²) in [6.07, 6.45) is 1.72. The van der Waals surface area contributed by atoms with Gasteiger partial charge in [0.15, 0.2) is 0 Å². The molecule has 5 nitrogen and oxygen atoms in total. The van der Waals surface area contributed by atoms with Gasteiger partial charge in [0.2, 0.25) is 5.95 Å². The highest BCUT2D eigenvalue weighted by molar-refractivity contribution is 5.62. The van der Waals surface area contributed by atoms with Crippen LogP contribution in [-0.4, -0.2) is 17.1 Å². The van der Waals surface area contributed by atoms with Crippen molar-refractivity contribution in [2.75, 3.05) is 17.7 Å². The van der Waals surface area contributed by atoms with Crippen molar-refractivity contribution in [3.8, 4) is 5.75 Å². The molecule has 0 fully saturated rings. The van der Waals surface area contributed by atoms with E-state index in [2.05, 4.69) is 51.8 Å². The van der Waals surface area contributed by atoms with Crippen LogP contribution in [0.3, 0.4) is 0 Å². The molecule has 0 saturated heterocycles. The third kappa shape index (κ3) is 4.01. The number of aromatic nitrogens is 2. The molecule has 2 aromatic carbocycles. The number of ether oxygens (including phenoxy) is 1. The van der Waals surface area contributed by atoms with E-state index in [-0.39, 0.29) is 0 Å². The van der Waals surface area contributed by atoms with Gasteiger partial charge in [0.05, 0.1) is 12.8 Å². The molecular weight excluding hydrogens is 300 g/mol. The van der Waals surface area contributed by atoms with Crippen molar-refractivity contribution in [3.05, 3.63) is 71.9 Å². The summed E-state index contributed by atoms with van der Waals surface area (Å²) in [4.78, 5) is 8.75. The van der Waals surface area contributed by atoms with Crippen molar-refractivity contribution < 1.29 is 4.74 Å². The summed E-state index contributed by atoms with van der Waals surface area (Å²) in [6, 6.07) is 17.9. The van der Waals surface area contributed by atoms with Crippen LogP contribution in [0.1, 0.15) is 11.1 Å². The fourth-order valence-electron chi connectivity index (χ4n) is 2.28. The molecule has 24 heavy (non-hydrogen) atoms. The van der Waals surface area contributed by atoms with Crippen LogP contribution in [0.15, 0.2) is 60.8 Å². The zero-order valence-electron chi connectivity index (χ0n) is 13.8. The first-order valence-corrected chi connectivity index (χ1v) is 7.77. The Morgan fingerprint density at radius 3 is 2.58 bits per heavy atom. The van der Waals surface area contributed by atoms with Crippen LogP contribution in [0.4, 0.5) is 17.5 Å². The summed E-state index contributed by atoms with van der Waals surface area (Å²) in [5.41, 5.74) is 3.29. The molecule has 1 aromatic heterocycles. The monoisotopic (exact) mass is 320 g/mol. The van der Waals surface area contributed by atoms with Crippen molar-refractivity contribution in [2.45, 2.75) is 13.5 Å². The Morgan fingerprint density at radius 2 is 1.79 bits per heavy atom. The smallest absolute Gasteiger partial charge is 0.229 e. The minimum absolute atomic E-state index is 0.522. The van der Waals surface area contributed by atoms with Gasteiger partial charge in [-0.05, 0) is 30.7 Å². The lowest BCUT2D eigenvalue weighted by molar-refractivity contribution is 0.417. The third-order valence-corrected chi connectivity index (χ3v) is 3.60. The Hall–Kier alpha value is -3.08. The minimum atomic E-state index is 0.522. The van der Waals surface area contributed by atoms with Gasteiger partial charge in [-0.25, -0.2) is 4.98 Å². The number of nitrogens with zero attached hydrogens (tertiary/aromatic N) is 2. The van der Waals surface area contributed by atoms with Gasteiger partial charge in [0, 0.05) is 12.7 Å². The molecule has 2 N–H and O–H groups in total. The number of anilines is 3. The van der Waals surface area contributed by atoms with Crippen molar-refractivity contribution >= 4 is 17.5 Å². The number of hydrogen-bond donors (Lipinski definition) is 2. The second-order valence-corrected chi connectivity index (χ2v) is 5.43. The highest BCUT2D eigenvalue weighted by atomic mass is 16.5.